The topological polar surface area (TPSA) is 69.6 Å². The second-order valence-corrected chi connectivity index (χ2v) is 6.30. The molecule has 0 bridgehead atoms. The standard InChI is InChI=1S/C16H20N2O3/c1-16(7-4-8-16)17-15(21)18-10-12-6-3-2-5-11(12)9-13(18)14(19)20/h2-3,5-6,13H,4,7-10H2,1H3,(H,17,21)(H,19,20)/t13-/m0/s1. The predicted octanol–water partition coefficient (Wildman–Crippen LogP) is 2.15. The fourth-order valence-corrected chi connectivity index (χ4v) is 3.12. The number of rotatable bonds is 2. The summed E-state index contributed by atoms with van der Waals surface area (Å²) in [5.74, 6) is -0.946. The summed E-state index contributed by atoms with van der Waals surface area (Å²) in [6.07, 6.45) is 3.40. The van der Waals surface area contributed by atoms with E-state index in [-0.39, 0.29) is 11.6 Å². The minimum Gasteiger partial charge on any atom is -0.480 e. The number of carboxylic acid groups (broad SMARTS) is 1. The summed E-state index contributed by atoms with van der Waals surface area (Å²) in [5.41, 5.74) is 1.88. The zero-order chi connectivity index (χ0) is 15.0. The van der Waals surface area contributed by atoms with Gasteiger partial charge in [0.2, 0.25) is 0 Å². The lowest BCUT2D eigenvalue weighted by Crippen LogP contribution is -2.59. The molecule has 0 unspecified atom stereocenters. The predicted molar refractivity (Wildman–Crippen MR) is 77.9 cm³/mol. The van der Waals surface area contributed by atoms with Crippen molar-refractivity contribution >= 4 is 12.0 Å². The molecular formula is C16H20N2O3. The SMILES string of the molecule is CC1(NC(=O)N2Cc3ccccc3C[C@H]2C(=O)O)CCC1. The quantitative estimate of drug-likeness (QED) is 0.876. The van der Waals surface area contributed by atoms with E-state index < -0.39 is 12.0 Å². The first-order valence-electron chi connectivity index (χ1n) is 7.37. The Kier molecular flexibility index (Phi) is 3.35. The van der Waals surface area contributed by atoms with Crippen molar-refractivity contribution in [3.63, 3.8) is 0 Å². The van der Waals surface area contributed by atoms with E-state index in [1.807, 2.05) is 31.2 Å². The third kappa shape index (κ3) is 2.60. The summed E-state index contributed by atoms with van der Waals surface area (Å²) in [6.45, 7) is 2.37. The van der Waals surface area contributed by atoms with Crippen molar-refractivity contribution in [2.75, 3.05) is 0 Å². The number of benzene rings is 1. The number of aliphatic carboxylic acids is 1. The number of carbonyl (C=O) groups is 2. The molecule has 2 N–H and O–H groups in total. The summed E-state index contributed by atoms with van der Waals surface area (Å²) < 4.78 is 0. The van der Waals surface area contributed by atoms with E-state index in [9.17, 15) is 14.7 Å². The summed E-state index contributed by atoms with van der Waals surface area (Å²) in [5, 5.41) is 12.4. The van der Waals surface area contributed by atoms with E-state index in [4.69, 9.17) is 0 Å². The van der Waals surface area contributed by atoms with Crippen LogP contribution in [-0.4, -0.2) is 33.6 Å². The lowest BCUT2D eigenvalue weighted by molar-refractivity contribution is -0.142. The van der Waals surface area contributed by atoms with Crippen LogP contribution in [0.15, 0.2) is 24.3 Å². The second kappa shape index (κ2) is 5.06. The van der Waals surface area contributed by atoms with Crippen LogP contribution < -0.4 is 5.32 Å². The molecule has 5 heteroatoms. The van der Waals surface area contributed by atoms with Gasteiger partial charge in [-0.2, -0.15) is 0 Å². The van der Waals surface area contributed by atoms with E-state index in [2.05, 4.69) is 5.32 Å². The highest BCUT2D eigenvalue weighted by molar-refractivity contribution is 5.84. The Hall–Kier alpha value is -2.04. The van der Waals surface area contributed by atoms with Crippen molar-refractivity contribution in [3.8, 4) is 0 Å². The van der Waals surface area contributed by atoms with Crippen LogP contribution >= 0.6 is 0 Å². The molecule has 0 spiro atoms. The van der Waals surface area contributed by atoms with Crippen LogP contribution in [0.5, 0.6) is 0 Å². The van der Waals surface area contributed by atoms with Gasteiger partial charge in [-0.15, -0.1) is 0 Å². The molecule has 1 aromatic rings. The molecule has 0 saturated heterocycles. The van der Waals surface area contributed by atoms with Crippen LogP contribution in [0.4, 0.5) is 4.79 Å². The molecule has 0 aromatic heterocycles. The monoisotopic (exact) mass is 288 g/mol. The number of carbonyl (C=O) groups excluding carboxylic acids is 1. The lowest BCUT2D eigenvalue weighted by atomic mass is 9.78. The maximum Gasteiger partial charge on any atom is 0.326 e. The van der Waals surface area contributed by atoms with Crippen LogP contribution in [0, 0.1) is 0 Å². The highest BCUT2D eigenvalue weighted by atomic mass is 16.4. The molecule has 1 atom stereocenters. The van der Waals surface area contributed by atoms with E-state index in [0.29, 0.717) is 13.0 Å². The van der Waals surface area contributed by atoms with Gasteiger partial charge in [0.15, 0.2) is 0 Å². The van der Waals surface area contributed by atoms with Crippen LogP contribution in [0.3, 0.4) is 0 Å². The maximum absolute atomic E-state index is 12.5. The number of urea groups is 1. The van der Waals surface area contributed by atoms with Gasteiger partial charge >= 0.3 is 12.0 Å². The molecular weight excluding hydrogens is 268 g/mol. The molecule has 1 saturated carbocycles. The van der Waals surface area contributed by atoms with Gasteiger partial charge in [-0.3, -0.25) is 0 Å². The van der Waals surface area contributed by atoms with Crippen molar-refractivity contribution in [2.24, 2.45) is 0 Å². The molecule has 2 aliphatic rings. The van der Waals surface area contributed by atoms with Crippen molar-refractivity contribution < 1.29 is 14.7 Å². The normalized spacial score (nSPS) is 22.9. The third-order valence-electron chi connectivity index (χ3n) is 4.66. The molecule has 1 fully saturated rings. The molecule has 1 aliphatic heterocycles. The van der Waals surface area contributed by atoms with Gasteiger partial charge in [0, 0.05) is 18.5 Å². The zero-order valence-corrected chi connectivity index (χ0v) is 12.1. The van der Waals surface area contributed by atoms with Gasteiger partial charge in [-0.05, 0) is 37.3 Å². The van der Waals surface area contributed by atoms with Crippen molar-refractivity contribution in [3.05, 3.63) is 35.4 Å². The van der Waals surface area contributed by atoms with Crippen LogP contribution in [0.1, 0.15) is 37.3 Å². The summed E-state index contributed by atoms with van der Waals surface area (Å²) in [7, 11) is 0. The average Bonchev–Trinajstić information content (AvgIpc) is 2.44. The zero-order valence-electron chi connectivity index (χ0n) is 12.1. The summed E-state index contributed by atoms with van der Waals surface area (Å²) in [4.78, 5) is 25.4. The number of fused-ring (bicyclic) bond motifs is 1. The number of nitrogens with zero attached hydrogens (tertiary/aromatic N) is 1. The first kappa shape index (κ1) is 13.9. The third-order valence-corrected chi connectivity index (χ3v) is 4.66. The highest BCUT2D eigenvalue weighted by Gasteiger charge is 2.39. The molecule has 2 amide bonds. The fourth-order valence-electron chi connectivity index (χ4n) is 3.12. The van der Waals surface area contributed by atoms with E-state index >= 15 is 0 Å². The largest absolute Gasteiger partial charge is 0.480 e. The molecule has 0 radical (unpaired) electrons. The molecule has 1 heterocycles. The van der Waals surface area contributed by atoms with Crippen molar-refractivity contribution in [1.82, 2.24) is 10.2 Å². The molecule has 1 aromatic carbocycles. The van der Waals surface area contributed by atoms with Gasteiger partial charge in [0.1, 0.15) is 6.04 Å². The number of amides is 2. The Morgan fingerprint density at radius 1 is 1.29 bits per heavy atom. The minimum atomic E-state index is -0.946. The smallest absolute Gasteiger partial charge is 0.326 e. The molecule has 3 rings (SSSR count). The highest BCUT2D eigenvalue weighted by Crippen LogP contribution is 2.32. The Morgan fingerprint density at radius 3 is 2.52 bits per heavy atom. The van der Waals surface area contributed by atoms with Crippen LogP contribution in [-0.2, 0) is 17.8 Å². The van der Waals surface area contributed by atoms with Gasteiger partial charge in [0.05, 0.1) is 0 Å². The van der Waals surface area contributed by atoms with Crippen molar-refractivity contribution in [1.29, 1.82) is 0 Å². The van der Waals surface area contributed by atoms with Crippen LogP contribution in [0.2, 0.25) is 0 Å². The number of nitrogens with one attached hydrogen (secondary N) is 1. The molecule has 112 valence electrons. The Bertz CT molecular complexity index is 581. The van der Waals surface area contributed by atoms with Gasteiger partial charge in [0.25, 0.3) is 0 Å². The lowest BCUT2D eigenvalue weighted by Gasteiger charge is -2.42. The summed E-state index contributed by atoms with van der Waals surface area (Å²) in [6, 6.07) is 6.67. The minimum absolute atomic E-state index is 0.170. The Morgan fingerprint density at radius 2 is 1.95 bits per heavy atom. The van der Waals surface area contributed by atoms with E-state index in [1.165, 1.54) is 4.90 Å². The van der Waals surface area contributed by atoms with E-state index in [1.54, 1.807) is 0 Å². The molecule has 5 nitrogen and oxygen atoms in total. The Labute approximate surface area is 123 Å². The summed E-state index contributed by atoms with van der Waals surface area (Å²) >= 11 is 0. The first-order chi connectivity index (χ1) is 9.98. The number of carboxylic acids is 1. The number of hydrogen-bond acceptors (Lipinski definition) is 2. The van der Waals surface area contributed by atoms with Crippen LogP contribution in [0.25, 0.3) is 0 Å². The average molecular weight is 288 g/mol. The van der Waals surface area contributed by atoms with Gasteiger partial charge in [-0.25, -0.2) is 9.59 Å². The maximum atomic E-state index is 12.5. The number of hydrogen-bond donors (Lipinski definition) is 2. The van der Waals surface area contributed by atoms with Gasteiger partial charge < -0.3 is 15.3 Å². The second-order valence-electron chi connectivity index (χ2n) is 6.30. The van der Waals surface area contributed by atoms with Gasteiger partial charge in [-0.1, -0.05) is 24.3 Å². The van der Waals surface area contributed by atoms with Crippen molar-refractivity contribution in [2.45, 2.75) is 50.7 Å². The molecule has 21 heavy (non-hydrogen) atoms. The van der Waals surface area contributed by atoms with E-state index in [0.717, 1.165) is 30.4 Å². The first-order valence-corrected chi connectivity index (χ1v) is 7.37. The molecule has 1 aliphatic carbocycles. The fraction of sp³-hybridized carbons (Fsp3) is 0.500. The Balaban J connectivity index is 1.82.